The van der Waals surface area contributed by atoms with Gasteiger partial charge in [-0.25, -0.2) is 10.5 Å². The summed E-state index contributed by atoms with van der Waals surface area (Å²) >= 11 is 6.34. The number of carbonyl (C=O) groups excluding carboxylic acids is 1. The molecular weight excluding hydrogens is 340 g/mol. The van der Waals surface area contributed by atoms with E-state index in [1.54, 1.807) is 23.8 Å². The quantitative estimate of drug-likeness (QED) is 0.425. The number of carbonyl (C=O) groups is 1. The van der Waals surface area contributed by atoms with E-state index in [0.717, 1.165) is 19.0 Å². The summed E-state index contributed by atoms with van der Waals surface area (Å²) in [5, 5.41) is 12.5. The summed E-state index contributed by atoms with van der Waals surface area (Å²) in [6.07, 6.45) is 12.1. The van der Waals surface area contributed by atoms with Crippen molar-refractivity contribution < 1.29 is 10.0 Å². The SMILES string of the molecule is O=C(/C=C/c1cnc(N[C@@H]2CCCN(C3CCCC3)C2)c(Cl)c1)NO. The summed E-state index contributed by atoms with van der Waals surface area (Å²) in [5.41, 5.74) is 2.25. The van der Waals surface area contributed by atoms with Crippen molar-refractivity contribution in [3.8, 4) is 0 Å². The topological polar surface area (TPSA) is 77.5 Å². The van der Waals surface area contributed by atoms with E-state index in [4.69, 9.17) is 16.8 Å². The van der Waals surface area contributed by atoms with E-state index in [9.17, 15) is 4.79 Å². The zero-order valence-electron chi connectivity index (χ0n) is 14.2. The van der Waals surface area contributed by atoms with Crippen LogP contribution in [0.4, 0.5) is 5.82 Å². The molecule has 3 N–H and O–H groups in total. The van der Waals surface area contributed by atoms with Crippen LogP contribution in [0.2, 0.25) is 5.02 Å². The molecule has 2 heterocycles. The van der Waals surface area contributed by atoms with Crippen molar-refractivity contribution in [2.24, 2.45) is 0 Å². The molecule has 0 unspecified atom stereocenters. The Labute approximate surface area is 153 Å². The standard InChI is InChI=1S/C18H25ClN4O2/c19-16-10-13(7-8-17(24)22-25)11-20-18(16)21-14-4-3-9-23(12-14)15-5-1-2-6-15/h7-8,10-11,14-15,25H,1-6,9,12H2,(H,20,21)(H,22,24)/b8-7+/t14-/m1/s1. The Kier molecular flexibility index (Phi) is 6.29. The molecule has 0 spiro atoms. The van der Waals surface area contributed by atoms with Gasteiger partial charge in [0.1, 0.15) is 5.82 Å². The van der Waals surface area contributed by atoms with E-state index in [-0.39, 0.29) is 0 Å². The second kappa shape index (κ2) is 8.65. The third kappa shape index (κ3) is 4.93. The van der Waals surface area contributed by atoms with Crippen LogP contribution in [0.15, 0.2) is 18.3 Å². The zero-order valence-corrected chi connectivity index (χ0v) is 15.0. The van der Waals surface area contributed by atoms with Gasteiger partial charge >= 0.3 is 0 Å². The van der Waals surface area contributed by atoms with Crippen LogP contribution in [0.25, 0.3) is 6.08 Å². The van der Waals surface area contributed by atoms with Crippen molar-refractivity contribution in [3.63, 3.8) is 0 Å². The van der Waals surface area contributed by atoms with E-state index in [1.807, 2.05) is 0 Å². The van der Waals surface area contributed by atoms with Gasteiger partial charge in [-0.3, -0.25) is 14.9 Å². The van der Waals surface area contributed by atoms with Crippen molar-refractivity contribution >= 4 is 29.4 Å². The number of halogens is 1. The Morgan fingerprint density at radius 1 is 1.32 bits per heavy atom. The number of nitrogens with one attached hydrogen (secondary N) is 2. The molecule has 1 aromatic heterocycles. The van der Waals surface area contributed by atoms with Crippen LogP contribution in [0.1, 0.15) is 44.1 Å². The Bertz CT molecular complexity index is 632. The third-order valence-electron chi connectivity index (χ3n) is 5.03. The fourth-order valence-electron chi connectivity index (χ4n) is 3.78. The lowest BCUT2D eigenvalue weighted by Gasteiger charge is -2.37. The van der Waals surface area contributed by atoms with E-state index in [0.29, 0.717) is 22.4 Å². The largest absolute Gasteiger partial charge is 0.365 e. The van der Waals surface area contributed by atoms with Crippen molar-refractivity contribution in [1.29, 1.82) is 0 Å². The van der Waals surface area contributed by atoms with Crippen molar-refractivity contribution in [2.45, 2.75) is 50.6 Å². The predicted molar refractivity (Wildman–Crippen MR) is 98.7 cm³/mol. The van der Waals surface area contributed by atoms with Crippen molar-refractivity contribution in [2.75, 3.05) is 18.4 Å². The first-order chi connectivity index (χ1) is 12.2. The highest BCUT2D eigenvalue weighted by Gasteiger charge is 2.28. The van der Waals surface area contributed by atoms with E-state index in [2.05, 4.69) is 15.2 Å². The molecule has 2 fully saturated rings. The van der Waals surface area contributed by atoms with Crippen LogP contribution in [0.5, 0.6) is 0 Å². The molecule has 1 aromatic rings. The lowest BCUT2D eigenvalue weighted by Crippen LogP contribution is -2.46. The van der Waals surface area contributed by atoms with Crippen LogP contribution in [-0.2, 0) is 4.79 Å². The molecule has 1 aliphatic heterocycles. The molecule has 1 amide bonds. The minimum Gasteiger partial charge on any atom is -0.365 e. The van der Waals surface area contributed by atoms with Gasteiger partial charge in [0.25, 0.3) is 5.91 Å². The Balaban J connectivity index is 1.60. The summed E-state index contributed by atoms with van der Waals surface area (Å²) in [5.74, 6) is 0.0937. The van der Waals surface area contributed by atoms with E-state index >= 15 is 0 Å². The van der Waals surface area contributed by atoms with Crippen LogP contribution >= 0.6 is 11.6 Å². The van der Waals surface area contributed by atoms with Crippen LogP contribution < -0.4 is 10.8 Å². The smallest absolute Gasteiger partial charge is 0.267 e. The molecule has 0 bridgehead atoms. The normalized spacial score (nSPS) is 22.4. The maximum Gasteiger partial charge on any atom is 0.267 e. The van der Waals surface area contributed by atoms with Crippen LogP contribution in [0, 0.1) is 0 Å². The molecule has 1 atom stereocenters. The molecule has 3 rings (SSSR count). The fraction of sp³-hybridized carbons (Fsp3) is 0.556. The number of hydroxylamine groups is 1. The van der Waals surface area contributed by atoms with Gasteiger partial charge in [0.05, 0.1) is 5.02 Å². The molecule has 6 nitrogen and oxygen atoms in total. The Morgan fingerprint density at radius 3 is 2.84 bits per heavy atom. The van der Waals surface area contributed by atoms with Gasteiger partial charge in [0, 0.05) is 30.9 Å². The lowest BCUT2D eigenvalue weighted by atomic mass is 10.0. The molecule has 25 heavy (non-hydrogen) atoms. The average Bonchev–Trinajstić information content (AvgIpc) is 3.17. The lowest BCUT2D eigenvalue weighted by molar-refractivity contribution is -0.124. The van der Waals surface area contributed by atoms with Gasteiger partial charge in [0.2, 0.25) is 0 Å². The fourth-order valence-corrected chi connectivity index (χ4v) is 4.01. The monoisotopic (exact) mass is 364 g/mol. The molecule has 0 radical (unpaired) electrons. The van der Waals surface area contributed by atoms with Crippen molar-refractivity contribution in [3.05, 3.63) is 28.9 Å². The minimum atomic E-state index is -0.590. The Morgan fingerprint density at radius 2 is 2.12 bits per heavy atom. The summed E-state index contributed by atoms with van der Waals surface area (Å²) in [6, 6.07) is 2.87. The number of piperidine rings is 1. The van der Waals surface area contributed by atoms with Gasteiger partial charge in [-0.1, -0.05) is 24.4 Å². The molecule has 1 aliphatic carbocycles. The average molecular weight is 365 g/mol. The number of hydrogen-bond acceptors (Lipinski definition) is 5. The second-order valence-electron chi connectivity index (χ2n) is 6.83. The van der Waals surface area contributed by atoms with Gasteiger partial charge in [-0.05, 0) is 49.9 Å². The molecule has 2 aliphatic rings. The number of aromatic nitrogens is 1. The molecule has 7 heteroatoms. The van der Waals surface area contributed by atoms with Crippen molar-refractivity contribution in [1.82, 2.24) is 15.4 Å². The summed E-state index contributed by atoms with van der Waals surface area (Å²) in [6.45, 7) is 2.24. The number of nitrogens with zero attached hydrogens (tertiary/aromatic N) is 2. The first kappa shape index (κ1) is 18.2. The highest BCUT2D eigenvalue weighted by atomic mass is 35.5. The number of anilines is 1. The number of amides is 1. The number of rotatable bonds is 5. The summed E-state index contributed by atoms with van der Waals surface area (Å²) in [7, 11) is 0. The maximum atomic E-state index is 11.0. The maximum absolute atomic E-state index is 11.0. The van der Waals surface area contributed by atoms with Gasteiger partial charge in [-0.2, -0.15) is 0 Å². The molecule has 1 saturated carbocycles. The van der Waals surface area contributed by atoms with Gasteiger partial charge < -0.3 is 5.32 Å². The molecule has 0 aromatic carbocycles. The van der Waals surface area contributed by atoms with E-state index < -0.39 is 5.91 Å². The second-order valence-corrected chi connectivity index (χ2v) is 7.23. The van der Waals surface area contributed by atoms with Gasteiger partial charge in [-0.15, -0.1) is 0 Å². The number of pyridine rings is 1. The number of likely N-dealkylation sites (tertiary alicyclic amines) is 1. The highest BCUT2D eigenvalue weighted by Crippen LogP contribution is 2.28. The van der Waals surface area contributed by atoms with Gasteiger partial charge in [0.15, 0.2) is 0 Å². The third-order valence-corrected chi connectivity index (χ3v) is 5.32. The Hall–Kier alpha value is -1.63. The summed E-state index contributed by atoms with van der Waals surface area (Å²) < 4.78 is 0. The predicted octanol–water partition coefficient (Wildman–Crippen LogP) is 3.07. The zero-order chi connectivity index (χ0) is 17.6. The number of hydrogen-bond donors (Lipinski definition) is 3. The molecule has 136 valence electrons. The van der Waals surface area contributed by atoms with Crippen LogP contribution in [-0.4, -0.2) is 46.2 Å². The van der Waals surface area contributed by atoms with E-state index in [1.165, 1.54) is 44.7 Å². The van der Waals surface area contributed by atoms with Crippen LogP contribution in [0.3, 0.4) is 0 Å². The first-order valence-electron chi connectivity index (χ1n) is 8.94. The minimum absolute atomic E-state index is 0.362. The first-order valence-corrected chi connectivity index (χ1v) is 9.32. The summed E-state index contributed by atoms with van der Waals surface area (Å²) in [4.78, 5) is 18.0. The highest BCUT2D eigenvalue weighted by molar-refractivity contribution is 6.33. The molecular formula is C18H25ClN4O2. The molecule has 1 saturated heterocycles.